The van der Waals surface area contributed by atoms with E-state index in [0.29, 0.717) is 5.82 Å². The van der Waals surface area contributed by atoms with Crippen LogP contribution in [0.4, 0.5) is 10.2 Å². The minimum atomic E-state index is -0.583. The zero-order chi connectivity index (χ0) is 9.14. The SMILES string of the molecule is CC(=O)N(C)c1cccc(F)n1. The van der Waals surface area contributed by atoms with Crippen LogP contribution in [0, 0.1) is 5.95 Å². The molecule has 0 bridgehead atoms. The summed E-state index contributed by atoms with van der Waals surface area (Å²) in [4.78, 5) is 15.6. The van der Waals surface area contributed by atoms with E-state index in [4.69, 9.17) is 0 Å². The molecule has 1 amide bonds. The highest BCUT2D eigenvalue weighted by molar-refractivity contribution is 5.89. The maximum atomic E-state index is 12.5. The summed E-state index contributed by atoms with van der Waals surface area (Å²) < 4.78 is 12.5. The van der Waals surface area contributed by atoms with Crippen LogP contribution < -0.4 is 4.90 Å². The second kappa shape index (κ2) is 3.30. The smallest absolute Gasteiger partial charge is 0.224 e. The Balaban J connectivity index is 2.95. The van der Waals surface area contributed by atoms with E-state index < -0.39 is 5.95 Å². The lowest BCUT2D eigenvalue weighted by molar-refractivity contribution is -0.116. The van der Waals surface area contributed by atoms with Gasteiger partial charge < -0.3 is 4.90 Å². The van der Waals surface area contributed by atoms with Crippen molar-refractivity contribution >= 4 is 11.7 Å². The van der Waals surface area contributed by atoms with Gasteiger partial charge in [-0.05, 0) is 12.1 Å². The van der Waals surface area contributed by atoms with Gasteiger partial charge in [-0.3, -0.25) is 4.79 Å². The first-order valence-corrected chi connectivity index (χ1v) is 3.48. The molecular formula is C8H9FN2O. The van der Waals surface area contributed by atoms with Gasteiger partial charge in [-0.15, -0.1) is 0 Å². The van der Waals surface area contributed by atoms with E-state index in [0.717, 1.165) is 0 Å². The Kier molecular flexibility index (Phi) is 2.38. The summed E-state index contributed by atoms with van der Waals surface area (Å²) in [6.45, 7) is 1.40. The fourth-order valence-corrected chi connectivity index (χ4v) is 0.746. The molecule has 1 heterocycles. The van der Waals surface area contributed by atoms with Gasteiger partial charge in [0, 0.05) is 14.0 Å². The largest absolute Gasteiger partial charge is 0.300 e. The summed E-state index contributed by atoms with van der Waals surface area (Å²) in [6.07, 6.45) is 0. The molecule has 1 aromatic rings. The van der Waals surface area contributed by atoms with Crippen molar-refractivity contribution in [2.75, 3.05) is 11.9 Å². The van der Waals surface area contributed by atoms with Crippen molar-refractivity contribution in [3.8, 4) is 0 Å². The van der Waals surface area contributed by atoms with Crippen LogP contribution in [-0.4, -0.2) is 17.9 Å². The zero-order valence-electron chi connectivity index (χ0n) is 6.91. The van der Waals surface area contributed by atoms with Gasteiger partial charge in [0.05, 0.1) is 0 Å². The first-order valence-electron chi connectivity index (χ1n) is 3.48. The molecule has 0 unspecified atom stereocenters. The van der Waals surface area contributed by atoms with Gasteiger partial charge in [-0.2, -0.15) is 4.39 Å². The number of amides is 1. The van der Waals surface area contributed by atoms with Gasteiger partial charge in [0.25, 0.3) is 0 Å². The third kappa shape index (κ3) is 1.78. The monoisotopic (exact) mass is 168 g/mol. The molecule has 0 fully saturated rings. The van der Waals surface area contributed by atoms with Crippen LogP contribution in [0.25, 0.3) is 0 Å². The number of hydrogen-bond acceptors (Lipinski definition) is 2. The molecule has 4 heteroatoms. The Hall–Kier alpha value is -1.45. The fourth-order valence-electron chi connectivity index (χ4n) is 0.746. The lowest BCUT2D eigenvalue weighted by Crippen LogP contribution is -2.23. The molecular weight excluding hydrogens is 159 g/mol. The number of nitrogens with zero attached hydrogens (tertiary/aromatic N) is 2. The first kappa shape index (κ1) is 8.64. The highest BCUT2D eigenvalue weighted by Crippen LogP contribution is 2.08. The molecule has 0 saturated carbocycles. The normalized spacial score (nSPS) is 9.58. The van der Waals surface area contributed by atoms with Crippen molar-refractivity contribution in [3.63, 3.8) is 0 Å². The minimum absolute atomic E-state index is 0.173. The Bertz CT molecular complexity index is 301. The molecule has 0 aliphatic rings. The van der Waals surface area contributed by atoms with Crippen LogP contribution >= 0.6 is 0 Å². The molecule has 64 valence electrons. The second-order valence-electron chi connectivity index (χ2n) is 2.40. The van der Waals surface area contributed by atoms with Crippen LogP contribution in [-0.2, 0) is 4.79 Å². The van der Waals surface area contributed by atoms with E-state index in [-0.39, 0.29) is 5.91 Å². The topological polar surface area (TPSA) is 33.2 Å². The highest BCUT2D eigenvalue weighted by atomic mass is 19.1. The quantitative estimate of drug-likeness (QED) is 0.590. The fraction of sp³-hybridized carbons (Fsp3) is 0.250. The maximum Gasteiger partial charge on any atom is 0.224 e. The molecule has 0 radical (unpaired) electrons. The van der Waals surface area contributed by atoms with Crippen molar-refractivity contribution in [2.24, 2.45) is 0 Å². The van der Waals surface area contributed by atoms with Gasteiger partial charge in [-0.1, -0.05) is 6.07 Å². The standard InChI is InChI=1S/C8H9FN2O/c1-6(12)11(2)8-5-3-4-7(9)10-8/h3-5H,1-2H3. The number of aromatic nitrogens is 1. The average molecular weight is 168 g/mol. The molecule has 12 heavy (non-hydrogen) atoms. The summed E-state index contributed by atoms with van der Waals surface area (Å²) >= 11 is 0. The van der Waals surface area contributed by atoms with E-state index >= 15 is 0 Å². The molecule has 0 N–H and O–H groups in total. The molecule has 0 aliphatic heterocycles. The van der Waals surface area contributed by atoms with Crippen molar-refractivity contribution in [3.05, 3.63) is 24.1 Å². The molecule has 0 aliphatic carbocycles. The lowest BCUT2D eigenvalue weighted by Gasteiger charge is -2.12. The van der Waals surface area contributed by atoms with E-state index in [9.17, 15) is 9.18 Å². The number of anilines is 1. The number of carbonyl (C=O) groups is 1. The molecule has 0 saturated heterocycles. The minimum Gasteiger partial charge on any atom is -0.300 e. The van der Waals surface area contributed by atoms with E-state index in [1.165, 1.54) is 24.0 Å². The predicted octanol–water partition coefficient (Wildman–Crippen LogP) is 1.20. The van der Waals surface area contributed by atoms with E-state index in [2.05, 4.69) is 4.98 Å². The Morgan fingerprint density at radius 1 is 1.58 bits per heavy atom. The highest BCUT2D eigenvalue weighted by Gasteiger charge is 2.06. The number of rotatable bonds is 1. The third-order valence-electron chi connectivity index (χ3n) is 1.52. The molecule has 3 nitrogen and oxygen atoms in total. The summed E-state index contributed by atoms with van der Waals surface area (Å²) in [7, 11) is 1.55. The van der Waals surface area contributed by atoms with Crippen LogP contribution in [0.3, 0.4) is 0 Å². The molecule has 0 aromatic carbocycles. The number of pyridine rings is 1. The second-order valence-corrected chi connectivity index (χ2v) is 2.40. The van der Waals surface area contributed by atoms with E-state index in [1.54, 1.807) is 13.1 Å². The average Bonchev–Trinajstić information content (AvgIpc) is 2.03. The van der Waals surface area contributed by atoms with Crippen molar-refractivity contribution in [1.29, 1.82) is 0 Å². The Morgan fingerprint density at radius 3 is 2.75 bits per heavy atom. The van der Waals surface area contributed by atoms with Gasteiger partial charge >= 0.3 is 0 Å². The van der Waals surface area contributed by atoms with Crippen LogP contribution in [0.15, 0.2) is 18.2 Å². The summed E-state index contributed by atoms with van der Waals surface area (Å²) in [5, 5.41) is 0. The molecule has 1 aromatic heterocycles. The van der Waals surface area contributed by atoms with Gasteiger partial charge in [0.2, 0.25) is 11.9 Å². The summed E-state index contributed by atoms with van der Waals surface area (Å²) in [5.41, 5.74) is 0. The number of hydrogen-bond donors (Lipinski definition) is 0. The maximum absolute atomic E-state index is 12.5. The van der Waals surface area contributed by atoms with Gasteiger partial charge in [0.1, 0.15) is 5.82 Å². The van der Waals surface area contributed by atoms with Gasteiger partial charge in [0.15, 0.2) is 0 Å². The summed E-state index contributed by atoms with van der Waals surface area (Å²) in [6, 6.07) is 4.32. The summed E-state index contributed by atoms with van der Waals surface area (Å²) in [5.74, 6) is -0.434. The first-order chi connectivity index (χ1) is 5.61. The van der Waals surface area contributed by atoms with Crippen molar-refractivity contribution < 1.29 is 9.18 Å². The third-order valence-corrected chi connectivity index (χ3v) is 1.52. The molecule has 0 atom stereocenters. The van der Waals surface area contributed by atoms with E-state index in [1.807, 2.05) is 0 Å². The number of carbonyl (C=O) groups excluding carboxylic acids is 1. The van der Waals surface area contributed by atoms with Crippen molar-refractivity contribution in [2.45, 2.75) is 6.92 Å². The Morgan fingerprint density at radius 2 is 2.25 bits per heavy atom. The molecule has 1 rings (SSSR count). The van der Waals surface area contributed by atoms with Crippen molar-refractivity contribution in [1.82, 2.24) is 4.98 Å². The lowest BCUT2D eigenvalue weighted by atomic mass is 10.4. The van der Waals surface area contributed by atoms with Crippen LogP contribution in [0.1, 0.15) is 6.92 Å². The molecule has 0 spiro atoms. The predicted molar refractivity (Wildman–Crippen MR) is 43.3 cm³/mol. The Labute approximate surface area is 69.8 Å². The van der Waals surface area contributed by atoms with Crippen LogP contribution in [0.5, 0.6) is 0 Å². The van der Waals surface area contributed by atoms with Gasteiger partial charge in [-0.25, -0.2) is 4.98 Å². The zero-order valence-corrected chi connectivity index (χ0v) is 6.91. The van der Waals surface area contributed by atoms with Crippen LogP contribution in [0.2, 0.25) is 0 Å². The number of halogens is 1.